The summed E-state index contributed by atoms with van der Waals surface area (Å²) in [5.74, 6) is -1.21. The first-order valence-corrected chi connectivity index (χ1v) is 9.74. The van der Waals surface area contributed by atoms with Crippen LogP contribution in [0.1, 0.15) is 17.2 Å². The molecule has 31 heavy (non-hydrogen) atoms. The summed E-state index contributed by atoms with van der Waals surface area (Å²) in [7, 11) is 0. The van der Waals surface area contributed by atoms with Gasteiger partial charge in [-0.05, 0) is 35.4 Å². The second kappa shape index (κ2) is 8.79. The number of halogens is 1. The number of hydrogen-bond acceptors (Lipinski definition) is 4. The van der Waals surface area contributed by atoms with Crippen molar-refractivity contribution in [2.45, 2.75) is 12.5 Å². The Balaban J connectivity index is 1.58. The van der Waals surface area contributed by atoms with E-state index in [4.69, 9.17) is 4.74 Å². The zero-order chi connectivity index (χ0) is 21.8. The van der Waals surface area contributed by atoms with Crippen LogP contribution in [0.2, 0.25) is 0 Å². The van der Waals surface area contributed by atoms with Crippen LogP contribution in [0.25, 0.3) is 0 Å². The first-order chi connectivity index (χ1) is 15.1. The Bertz CT molecular complexity index is 1090. The lowest BCUT2D eigenvalue weighted by molar-refractivity contribution is -0.126. The topological polar surface area (TPSA) is 66.9 Å². The molecule has 0 aromatic heterocycles. The maximum Gasteiger partial charge on any atom is 0.425 e. The first-order valence-electron chi connectivity index (χ1n) is 9.74. The van der Waals surface area contributed by atoms with Crippen molar-refractivity contribution in [1.82, 2.24) is 4.90 Å². The number of rotatable bonds is 5. The van der Waals surface area contributed by atoms with E-state index >= 15 is 0 Å². The number of anilines is 1. The average Bonchev–Trinajstić information content (AvgIpc) is 3.05. The number of carbonyl (C=O) groups excluding carboxylic acids is 3. The van der Waals surface area contributed by atoms with Crippen molar-refractivity contribution >= 4 is 23.7 Å². The fourth-order valence-electron chi connectivity index (χ4n) is 3.46. The molecule has 1 heterocycles. The Hall–Kier alpha value is -4.00. The summed E-state index contributed by atoms with van der Waals surface area (Å²) in [5, 5.41) is 0. The normalized spacial score (nSPS) is 16.0. The highest BCUT2D eigenvalue weighted by molar-refractivity contribution is 6.22. The molecule has 3 aromatic rings. The molecule has 3 aromatic carbocycles. The van der Waals surface area contributed by atoms with Gasteiger partial charge >= 0.3 is 12.1 Å². The molecule has 4 amide bonds. The zero-order valence-electron chi connectivity index (χ0n) is 16.5. The predicted octanol–water partition coefficient (Wildman–Crippen LogP) is 4.71. The molecule has 0 saturated carbocycles. The quantitative estimate of drug-likeness (QED) is 0.563. The van der Waals surface area contributed by atoms with E-state index in [1.54, 1.807) is 30.3 Å². The van der Waals surface area contributed by atoms with Crippen LogP contribution in [0.3, 0.4) is 0 Å². The lowest BCUT2D eigenvalue weighted by atomic mass is 10.1. The van der Waals surface area contributed by atoms with Crippen LogP contribution in [0.5, 0.6) is 0 Å². The van der Waals surface area contributed by atoms with Crippen molar-refractivity contribution in [1.29, 1.82) is 0 Å². The molecule has 156 valence electrons. The van der Waals surface area contributed by atoms with Crippen LogP contribution in [-0.2, 0) is 16.0 Å². The van der Waals surface area contributed by atoms with Gasteiger partial charge in [-0.3, -0.25) is 9.69 Å². The van der Waals surface area contributed by atoms with Gasteiger partial charge in [-0.1, -0.05) is 60.7 Å². The average molecular weight is 418 g/mol. The van der Waals surface area contributed by atoms with Gasteiger partial charge in [0.25, 0.3) is 5.91 Å². The Labute approximate surface area is 178 Å². The summed E-state index contributed by atoms with van der Waals surface area (Å²) >= 11 is 0. The summed E-state index contributed by atoms with van der Waals surface area (Å²) in [5.41, 5.74) is 1.79. The Morgan fingerprint density at radius 3 is 2.13 bits per heavy atom. The fraction of sp³-hybridized carbons (Fsp3) is 0.125. The molecule has 7 heteroatoms. The number of urea groups is 1. The molecular formula is C24H19FN2O4. The largest absolute Gasteiger partial charge is 0.448 e. The number of carbonyl (C=O) groups is 3. The summed E-state index contributed by atoms with van der Waals surface area (Å²) in [4.78, 5) is 40.6. The molecule has 0 N–H and O–H groups in total. The highest BCUT2D eigenvalue weighted by Gasteiger charge is 2.50. The standard InChI is InChI=1S/C24H19FN2O4/c25-19-13-11-18(12-14-19)21-22(28)27(23(29)26(21)20-9-5-2-6-10-20)24(30)31-16-15-17-7-3-1-4-8-17/h1-14,21H,15-16H2. The maximum atomic E-state index is 13.4. The maximum absolute atomic E-state index is 13.4. The first kappa shape index (κ1) is 20.3. The molecule has 4 rings (SSSR count). The second-order valence-corrected chi connectivity index (χ2v) is 6.97. The molecule has 1 aliphatic heterocycles. The highest BCUT2D eigenvalue weighted by atomic mass is 19.1. The minimum atomic E-state index is -1.10. The number of imide groups is 3. The minimum Gasteiger partial charge on any atom is -0.448 e. The summed E-state index contributed by atoms with van der Waals surface area (Å²) in [6, 6.07) is 21.3. The number of amides is 4. The van der Waals surface area contributed by atoms with Crippen molar-refractivity contribution < 1.29 is 23.5 Å². The molecule has 1 fully saturated rings. The smallest absolute Gasteiger partial charge is 0.425 e. The number of ether oxygens (including phenoxy) is 1. The van der Waals surface area contributed by atoms with E-state index in [0.717, 1.165) is 5.56 Å². The van der Waals surface area contributed by atoms with E-state index in [-0.39, 0.29) is 6.61 Å². The zero-order valence-corrected chi connectivity index (χ0v) is 16.5. The molecule has 0 aliphatic carbocycles. The summed E-state index contributed by atoms with van der Waals surface area (Å²) in [6.45, 7) is 0.0203. The Morgan fingerprint density at radius 1 is 0.871 bits per heavy atom. The molecule has 1 aliphatic rings. The Kier molecular flexibility index (Phi) is 5.75. The third kappa shape index (κ3) is 4.16. The van der Waals surface area contributed by atoms with Gasteiger partial charge in [0.2, 0.25) is 0 Å². The molecular weight excluding hydrogens is 399 g/mol. The summed E-state index contributed by atoms with van der Waals surface area (Å²) in [6.07, 6.45) is -0.580. The predicted molar refractivity (Wildman–Crippen MR) is 112 cm³/mol. The number of nitrogens with zero attached hydrogens (tertiary/aromatic N) is 2. The van der Waals surface area contributed by atoms with Gasteiger partial charge in [0.1, 0.15) is 11.9 Å². The SMILES string of the molecule is O=C(OCCc1ccccc1)N1C(=O)C(c2ccc(F)cc2)N(c2ccccc2)C1=O. The van der Waals surface area contributed by atoms with E-state index in [0.29, 0.717) is 22.6 Å². The van der Waals surface area contributed by atoms with Crippen molar-refractivity contribution in [2.24, 2.45) is 0 Å². The van der Waals surface area contributed by atoms with Crippen LogP contribution in [0.15, 0.2) is 84.9 Å². The molecule has 0 spiro atoms. The molecule has 0 radical (unpaired) electrons. The van der Waals surface area contributed by atoms with Gasteiger partial charge in [-0.2, -0.15) is 4.90 Å². The van der Waals surface area contributed by atoms with Crippen LogP contribution in [-0.4, -0.2) is 29.5 Å². The van der Waals surface area contributed by atoms with Crippen LogP contribution in [0.4, 0.5) is 19.7 Å². The lowest BCUT2D eigenvalue weighted by Crippen LogP contribution is -2.38. The highest BCUT2D eigenvalue weighted by Crippen LogP contribution is 2.35. The number of para-hydroxylation sites is 1. The Morgan fingerprint density at radius 2 is 1.48 bits per heavy atom. The molecule has 0 bridgehead atoms. The third-order valence-corrected chi connectivity index (χ3v) is 4.97. The van der Waals surface area contributed by atoms with Gasteiger partial charge in [-0.25, -0.2) is 14.0 Å². The molecule has 1 unspecified atom stereocenters. The lowest BCUT2D eigenvalue weighted by Gasteiger charge is -2.22. The van der Waals surface area contributed by atoms with Crippen molar-refractivity contribution in [3.05, 3.63) is 102 Å². The van der Waals surface area contributed by atoms with Crippen LogP contribution < -0.4 is 4.90 Å². The summed E-state index contributed by atoms with van der Waals surface area (Å²) < 4.78 is 18.6. The van der Waals surface area contributed by atoms with E-state index in [1.165, 1.54) is 29.2 Å². The van der Waals surface area contributed by atoms with Crippen LogP contribution in [0, 0.1) is 5.82 Å². The fourth-order valence-corrected chi connectivity index (χ4v) is 3.46. The van der Waals surface area contributed by atoms with E-state index in [2.05, 4.69) is 0 Å². The van der Waals surface area contributed by atoms with Crippen molar-refractivity contribution in [3.63, 3.8) is 0 Å². The molecule has 1 atom stereocenters. The van der Waals surface area contributed by atoms with Gasteiger partial charge in [0.15, 0.2) is 0 Å². The van der Waals surface area contributed by atoms with Crippen LogP contribution >= 0.6 is 0 Å². The monoisotopic (exact) mass is 418 g/mol. The molecule has 1 saturated heterocycles. The molecule has 6 nitrogen and oxygen atoms in total. The van der Waals surface area contributed by atoms with E-state index in [9.17, 15) is 18.8 Å². The van der Waals surface area contributed by atoms with Crippen molar-refractivity contribution in [2.75, 3.05) is 11.5 Å². The van der Waals surface area contributed by atoms with E-state index < -0.39 is 29.9 Å². The third-order valence-electron chi connectivity index (χ3n) is 4.97. The minimum absolute atomic E-state index is 0.0203. The van der Waals surface area contributed by atoms with E-state index in [1.807, 2.05) is 30.3 Å². The second-order valence-electron chi connectivity index (χ2n) is 6.97. The van der Waals surface area contributed by atoms with Gasteiger partial charge in [0.05, 0.1) is 6.61 Å². The number of hydrogen-bond donors (Lipinski definition) is 0. The van der Waals surface area contributed by atoms with Gasteiger partial charge < -0.3 is 4.74 Å². The van der Waals surface area contributed by atoms with Crippen molar-refractivity contribution in [3.8, 4) is 0 Å². The number of benzene rings is 3. The van der Waals surface area contributed by atoms with Gasteiger partial charge in [0, 0.05) is 12.1 Å². The van der Waals surface area contributed by atoms with Gasteiger partial charge in [-0.15, -0.1) is 0 Å².